The molecule has 0 aliphatic heterocycles. The van der Waals surface area contributed by atoms with E-state index in [1.165, 1.54) is 5.56 Å². The number of rotatable bonds is 4. The molecule has 0 aliphatic rings. The SMILES string of the molecule is Cc1ccc(CNC(C)C)cc1-c1cccc(Br)c1F. The van der Waals surface area contributed by atoms with Gasteiger partial charge in [-0.05, 0) is 51.7 Å². The molecular weight excluding hydrogens is 317 g/mol. The highest BCUT2D eigenvalue weighted by molar-refractivity contribution is 9.10. The van der Waals surface area contributed by atoms with Gasteiger partial charge in [0.2, 0.25) is 0 Å². The van der Waals surface area contributed by atoms with Gasteiger partial charge >= 0.3 is 0 Å². The monoisotopic (exact) mass is 335 g/mol. The van der Waals surface area contributed by atoms with Gasteiger partial charge in [0.05, 0.1) is 4.47 Å². The summed E-state index contributed by atoms with van der Waals surface area (Å²) in [4.78, 5) is 0. The van der Waals surface area contributed by atoms with Gasteiger partial charge in [-0.2, -0.15) is 0 Å². The fourth-order valence-corrected chi connectivity index (χ4v) is 2.47. The van der Waals surface area contributed by atoms with Crippen LogP contribution in [-0.4, -0.2) is 6.04 Å². The second kappa shape index (κ2) is 6.51. The normalized spacial score (nSPS) is 11.1. The van der Waals surface area contributed by atoms with E-state index >= 15 is 0 Å². The van der Waals surface area contributed by atoms with Crippen molar-refractivity contribution in [1.82, 2.24) is 5.32 Å². The average Bonchev–Trinajstić information content (AvgIpc) is 2.41. The van der Waals surface area contributed by atoms with Gasteiger partial charge in [0, 0.05) is 18.2 Å². The smallest absolute Gasteiger partial charge is 0.145 e. The van der Waals surface area contributed by atoms with E-state index in [9.17, 15) is 4.39 Å². The number of halogens is 2. The number of benzene rings is 2. The fourth-order valence-electron chi connectivity index (χ4n) is 2.10. The molecule has 2 aromatic rings. The molecule has 0 radical (unpaired) electrons. The molecule has 1 nitrogen and oxygen atoms in total. The molecule has 2 rings (SSSR count). The zero-order chi connectivity index (χ0) is 14.7. The van der Waals surface area contributed by atoms with Crippen molar-refractivity contribution in [2.45, 2.75) is 33.4 Å². The summed E-state index contributed by atoms with van der Waals surface area (Å²) in [7, 11) is 0. The number of nitrogens with one attached hydrogen (secondary N) is 1. The van der Waals surface area contributed by atoms with Crippen LogP contribution in [0.3, 0.4) is 0 Å². The maximum atomic E-state index is 14.3. The maximum absolute atomic E-state index is 14.3. The van der Waals surface area contributed by atoms with E-state index in [1.807, 2.05) is 25.1 Å². The van der Waals surface area contributed by atoms with Gasteiger partial charge < -0.3 is 5.32 Å². The second-order valence-electron chi connectivity index (χ2n) is 5.29. The first kappa shape index (κ1) is 15.2. The summed E-state index contributed by atoms with van der Waals surface area (Å²) in [6, 6.07) is 12.0. The molecule has 0 atom stereocenters. The number of aryl methyl sites for hydroxylation is 1. The summed E-state index contributed by atoms with van der Waals surface area (Å²) < 4.78 is 14.8. The summed E-state index contributed by atoms with van der Waals surface area (Å²) >= 11 is 3.25. The highest BCUT2D eigenvalue weighted by atomic mass is 79.9. The predicted molar refractivity (Wildman–Crippen MR) is 86.2 cm³/mol. The molecule has 20 heavy (non-hydrogen) atoms. The summed E-state index contributed by atoms with van der Waals surface area (Å²) in [5.41, 5.74) is 3.84. The van der Waals surface area contributed by atoms with Crippen LogP contribution >= 0.6 is 15.9 Å². The quantitative estimate of drug-likeness (QED) is 0.823. The summed E-state index contributed by atoms with van der Waals surface area (Å²) in [6.45, 7) is 7.03. The van der Waals surface area contributed by atoms with Gasteiger partial charge in [-0.1, -0.05) is 38.1 Å². The lowest BCUT2D eigenvalue weighted by atomic mass is 9.97. The third kappa shape index (κ3) is 3.47. The van der Waals surface area contributed by atoms with Crippen molar-refractivity contribution in [2.24, 2.45) is 0 Å². The van der Waals surface area contributed by atoms with Crippen LogP contribution in [0.1, 0.15) is 25.0 Å². The first-order valence-electron chi connectivity index (χ1n) is 6.76. The van der Waals surface area contributed by atoms with Crippen molar-refractivity contribution in [3.8, 4) is 11.1 Å². The van der Waals surface area contributed by atoms with Crippen LogP contribution in [-0.2, 0) is 6.54 Å². The Morgan fingerprint density at radius 3 is 2.60 bits per heavy atom. The zero-order valence-electron chi connectivity index (χ0n) is 12.0. The predicted octanol–water partition coefficient (Wildman–Crippen LogP) is 5.06. The Hall–Kier alpha value is -1.19. The molecule has 0 aromatic heterocycles. The van der Waals surface area contributed by atoms with Crippen LogP contribution in [0.2, 0.25) is 0 Å². The van der Waals surface area contributed by atoms with E-state index in [0.717, 1.165) is 17.7 Å². The third-order valence-corrected chi connectivity index (χ3v) is 3.87. The Morgan fingerprint density at radius 2 is 1.90 bits per heavy atom. The minimum atomic E-state index is -0.204. The molecule has 3 heteroatoms. The standard InChI is InChI=1S/C17H19BrFN/c1-11(2)20-10-13-8-7-12(3)15(9-13)14-5-4-6-16(18)17(14)19/h4-9,11,20H,10H2,1-3H3. The van der Waals surface area contributed by atoms with E-state index in [0.29, 0.717) is 16.1 Å². The van der Waals surface area contributed by atoms with Crippen molar-refractivity contribution in [2.75, 3.05) is 0 Å². The minimum Gasteiger partial charge on any atom is -0.310 e. The van der Waals surface area contributed by atoms with Gasteiger partial charge in [-0.3, -0.25) is 0 Å². The zero-order valence-corrected chi connectivity index (χ0v) is 13.6. The first-order chi connectivity index (χ1) is 9.49. The molecular formula is C17H19BrFN. The van der Waals surface area contributed by atoms with Crippen LogP contribution in [0.25, 0.3) is 11.1 Å². The van der Waals surface area contributed by atoms with Crippen LogP contribution in [0, 0.1) is 12.7 Å². The highest BCUT2D eigenvalue weighted by Crippen LogP contribution is 2.30. The highest BCUT2D eigenvalue weighted by Gasteiger charge is 2.11. The molecule has 106 valence electrons. The van der Waals surface area contributed by atoms with E-state index in [2.05, 4.69) is 47.2 Å². The lowest BCUT2D eigenvalue weighted by Gasteiger charge is -2.13. The largest absolute Gasteiger partial charge is 0.310 e. The van der Waals surface area contributed by atoms with Gasteiger partial charge in [0.15, 0.2) is 0 Å². The van der Waals surface area contributed by atoms with Gasteiger partial charge in [-0.25, -0.2) is 4.39 Å². The van der Waals surface area contributed by atoms with E-state index < -0.39 is 0 Å². The number of hydrogen-bond donors (Lipinski definition) is 1. The summed E-state index contributed by atoms with van der Waals surface area (Å²) in [6.07, 6.45) is 0. The molecule has 0 amide bonds. The Bertz CT molecular complexity index is 608. The Morgan fingerprint density at radius 1 is 1.15 bits per heavy atom. The van der Waals surface area contributed by atoms with E-state index in [-0.39, 0.29) is 5.82 Å². The summed E-state index contributed by atoms with van der Waals surface area (Å²) in [5.74, 6) is -0.204. The van der Waals surface area contributed by atoms with Gasteiger partial charge in [0.1, 0.15) is 5.82 Å². The van der Waals surface area contributed by atoms with Crippen molar-refractivity contribution in [1.29, 1.82) is 0 Å². The number of hydrogen-bond acceptors (Lipinski definition) is 1. The van der Waals surface area contributed by atoms with Crippen LogP contribution < -0.4 is 5.32 Å². The van der Waals surface area contributed by atoms with Crippen molar-refractivity contribution in [3.05, 3.63) is 57.8 Å². The topological polar surface area (TPSA) is 12.0 Å². The lowest BCUT2D eigenvalue weighted by Crippen LogP contribution is -2.21. The van der Waals surface area contributed by atoms with Crippen LogP contribution in [0.5, 0.6) is 0 Å². The van der Waals surface area contributed by atoms with Crippen LogP contribution in [0.15, 0.2) is 40.9 Å². The van der Waals surface area contributed by atoms with Gasteiger partial charge in [-0.15, -0.1) is 0 Å². The molecule has 2 aromatic carbocycles. The molecule has 1 N–H and O–H groups in total. The molecule has 0 fully saturated rings. The lowest BCUT2D eigenvalue weighted by molar-refractivity contribution is 0.589. The van der Waals surface area contributed by atoms with Crippen LogP contribution in [0.4, 0.5) is 4.39 Å². The fraction of sp³-hybridized carbons (Fsp3) is 0.294. The van der Waals surface area contributed by atoms with Crippen molar-refractivity contribution >= 4 is 15.9 Å². The molecule has 0 saturated heterocycles. The Balaban J connectivity index is 2.40. The first-order valence-corrected chi connectivity index (χ1v) is 7.55. The molecule has 0 aliphatic carbocycles. The minimum absolute atomic E-state index is 0.204. The average molecular weight is 336 g/mol. The summed E-state index contributed by atoms with van der Waals surface area (Å²) in [5, 5.41) is 3.38. The van der Waals surface area contributed by atoms with Crippen molar-refractivity contribution < 1.29 is 4.39 Å². The van der Waals surface area contributed by atoms with E-state index in [4.69, 9.17) is 0 Å². The Kier molecular flexibility index (Phi) is 4.95. The van der Waals surface area contributed by atoms with Gasteiger partial charge in [0.25, 0.3) is 0 Å². The molecule has 0 heterocycles. The molecule has 0 bridgehead atoms. The molecule has 0 unspecified atom stereocenters. The molecule has 0 spiro atoms. The second-order valence-corrected chi connectivity index (χ2v) is 6.14. The van der Waals surface area contributed by atoms with E-state index in [1.54, 1.807) is 6.07 Å². The van der Waals surface area contributed by atoms with Crippen molar-refractivity contribution in [3.63, 3.8) is 0 Å². The molecule has 0 saturated carbocycles. The third-order valence-electron chi connectivity index (χ3n) is 3.26. The maximum Gasteiger partial charge on any atom is 0.145 e. The Labute approximate surface area is 128 Å².